The van der Waals surface area contributed by atoms with Gasteiger partial charge in [0.2, 0.25) is 0 Å². The van der Waals surface area contributed by atoms with Gasteiger partial charge in [-0.2, -0.15) is 13.2 Å². The zero-order valence-electron chi connectivity index (χ0n) is 11.1. The highest BCUT2D eigenvalue weighted by molar-refractivity contribution is 5.94. The molecule has 0 spiro atoms. The van der Waals surface area contributed by atoms with Gasteiger partial charge in [-0.1, -0.05) is 0 Å². The van der Waals surface area contributed by atoms with Crippen molar-refractivity contribution < 1.29 is 22.7 Å². The van der Waals surface area contributed by atoms with Crippen LogP contribution in [-0.4, -0.2) is 37.1 Å². The molecule has 6 heteroatoms. The smallest absolute Gasteiger partial charge is 0.383 e. The molecule has 3 nitrogen and oxygen atoms in total. The van der Waals surface area contributed by atoms with Crippen LogP contribution < -0.4 is 0 Å². The molecule has 1 aromatic rings. The average molecular weight is 287 g/mol. The molecule has 20 heavy (non-hydrogen) atoms. The lowest BCUT2D eigenvalue weighted by Gasteiger charge is -2.24. The van der Waals surface area contributed by atoms with Gasteiger partial charge in [-0.25, -0.2) is 0 Å². The van der Waals surface area contributed by atoms with Crippen molar-refractivity contribution in [2.75, 3.05) is 20.3 Å². The van der Waals surface area contributed by atoms with Crippen LogP contribution in [0, 0.1) is 0 Å². The van der Waals surface area contributed by atoms with E-state index in [2.05, 4.69) is 0 Å². The number of benzene rings is 1. The summed E-state index contributed by atoms with van der Waals surface area (Å²) in [6.45, 7) is 1.07. The lowest BCUT2D eigenvalue weighted by Crippen LogP contribution is -2.38. The summed E-state index contributed by atoms with van der Waals surface area (Å²) in [6, 6.07) is 4.35. The van der Waals surface area contributed by atoms with Crippen molar-refractivity contribution in [2.45, 2.75) is 25.1 Å². The van der Waals surface area contributed by atoms with Crippen molar-refractivity contribution in [2.24, 2.45) is 0 Å². The summed E-state index contributed by atoms with van der Waals surface area (Å²) in [5, 5.41) is 0. The van der Waals surface area contributed by atoms with E-state index in [-0.39, 0.29) is 17.5 Å². The molecule has 1 heterocycles. The molecule has 0 N–H and O–H groups in total. The van der Waals surface area contributed by atoms with Crippen LogP contribution in [0.1, 0.15) is 28.8 Å². The minimum atomic E-state index is -4.38. The predicted octanol–water partition coefficient (Wildman–Crippen LogP) is 2.96. The first-order chi connectivity index (χ1) is 9.43. The summed E-state index contributed by atoms with van der Waals surface area (Å²) < 4.78 is 42.5. The number of amides is 1. The standard InChI is InChI=1S/C14H16F3NO2/c1-20-9-12-3-2-8-18(12)13(19)10-4-6-11(7-5-10)14(15,16)17/h4-7,12H,2-3,8-9H2,1H3. The molecule has 0 saturated carbocycles. The number of carbonyl (C=O) groups excluding carboxylic acids is 1. The van der Waals surface area contributed by atoms with Crippen molar-refractivity contribution in [1.82, 2.24) is 4.90 Å². The van der Waals surface area contributed by atoms with Crippen LogP contribution >= 0.6 is 0 Å². The van der Waals surface area contributed by atoms with E-state index in [0.717, 1.165) is 25.0 Å². The predicted molar refractivity (Wildman–Crippen MR) is 67.4 cm³/mol. The first-order valence-electron chi connectivity index (χ1n) is 6.40. The van der Waals surface area contributed by atoms with E-state index < -0.39 is 11.7 Å². The number of likely N-dealkylation sites (tertiary alicyclic amines) is 1. The van der Waals surface area contributed by atoms with Crippen LogP contribution in [0.5, 0.6) is 0 Å². The lowest BCUT2D eigenvalue weighted by atomic mass is 10.1. The van der Waals surface area contributed by atoms with Gasteiger partial charge in [-0.15, -0.1) is 0 Å². The van der Waals surface area contributed by atoms with Crippen molar-refractivity contribution in [3.8, 4) is 0 Å². The fraction of sp³-hybridized carbons (Fsp3) is 0.500. The molecule has 1 fully saturated rings. The molecule has 1 aliphatic rings. The molecule has 1 atom stereocenters. The fourth-order valence-corrected chi connectivity index (χ4v) is 2.44. The molecular weight excluding hydrogens is 271 g/mol. The van der Waals surface area contributed by atoms with Gasteiger partial charge < -0.3 is 9.64 Å². The number of carbonyl (C=O) groups is 1. The van der Waals surface area contributed by atoms with Crippen LogP contribution in [0.25, 0.3) is 0 Å². The number of rotatable bonds is 3. The van der Waals surface area contributed by atoms with E-state index in [9.17, 15) is 18.0 Å². The van der Waals surface area contributed by atoms with E-state index in [4.69, 9.17) is 4.74 Å². The summed E-state index contributed by atoms with van der Waals surface area (Å²) in [5.74, 6) is -0.238. The van der Waals surface area contributed by atoms with Gasteiger partial charge in [0.25, 0.3) is 5.91 Å². The first-order valence-corrected chi connectivity index (χ1v) is 6.40. The minimum absolute atomic E-state index is 0.00907. The van der Waals surface area contributed by atoms with Gasteiger partial charge in [0.15, 0.2) is 0 Å². The summed E-state index contributed by atoms with van der Waals surface area (Å²) in [6.07, 6.45) is -2.63. The van der Waals surface area contributed by atoms with Crippen LogP contribution in [0.2, 0.25) is 0 Å². The quantitative estimate of drug-likeness (QED) is 0.855. The Bertz CT molecular complexity index is 470. The third-order valence-electron chi connectivity index (χ3n) is 3.46. The zero-order chi connectivity index (χ0) is 14.8. The molecule has 1 aromatic carbocycles. The SMILES string of the molecule is COCC1CCCN1C(=O)c1ccc(C(F)(F)F)cc1. The largest absolute Gasteiger partial charge is 0.416 e. The van der Waals surface area contributed by atoms with Crippen LogP contribution in [0.15, 0.2) is 24.3 Å². The minimum Gasteiger partial charge on any atom is -0.383 e. The third kappa shape index (κ3) is 3.12. The second-order valence-corrected chi connectivity index (χ2v) is 4.83. The Labute approximate surface area is 115 Å². The Morgan fingerprint density at radius 3 is 2.55 bits per heavy atom. The molecule has 0 radical (unpaired) electrons. The van der Waals surface area contributed by atoms with Crippen molar-refractivity contribution >= 4 is 5.91 Å². The number of nitrogens with zero attached hydrogens (tertiary/aromatic N) is 1. The Balaban J connectivity index is 2.13. The molecule has 1 amide bonds. The van der Waals surface area contributed by atoms with Crippen LogP contribution in [-0.2, 0) is 10.9 Å². The topological polar surface area (TPSA) is 29.5 Å². The second kappa shape index (κ2) is 5.83. The van der Waals surface area contributed by atoms with Crippen molar-refractivity contribution in [1.29, 1.82) is 0 Å². The second-order valence-electron chi connectivity index (χ2n) is 4.83. The summed E-state index contributed by atoms with van der Waals surface area (Å²) in [4.78, 5) is 14.0. The number of alkyl halides is 3. The van der Waals surface area contributed by atoms with Crippen molar-refractivity contribution in [3.63, 3.8) is 0 Å². The lowest BCUT2D eigenvalue weighted by molar-refractivity contribution is -0.137. The molecule has 1 saturated heterocycles. The molecule has 0 bridgehead atoms. The van der Waals surface area contributed by atoms with Crippen LogP contribution in [0.3, 0.4) is 0 Å². The van der Waals surface area contributed by atoms with E-state index in [0.29, 0.717) is 13.2 Å². The molecule has 2 rings (SSSR count). The van der Waals surface area contributed by atoms with E-state index in [1.807, 2.05) is 0 Å². The summed E-state index contributed by atoms with van der Waals surface area (Å²) in [7, 11) is 1.57. The van der Waals surface area contributed by atoms with Gasteiger partial charge in [-0.3, -0.25) is 4.79 Å². The highest BCUT2D eigenvalue weighted by Crippen LogP contribution is 2.29. The van der Waals surface area contributed by atoms with Gasteiger partial charge >= 0.3 is 6.18 Å². The molecule has 1 aliphatic heterocycles. The molecule has 110 valence electrons. The number of hydrogen-bond donors (Lipinski definition) is 0. The summed E-state index contributed by atoms with van der Waals surface area (Å²) >= 11 is 0. The maximum absolute atomic E-state index is 12.5. The normalized spacial score (nSPS) is 19.4. The van der Waals surface area contributed by atoms with Crippen LogP contribution in [0.4, 0.5) is 13.2 Å². The molecule has 1 unspecified atom stereocenters. The first kappa shape index (κ1) is 14.8. The Morgan fingerprint density at radius 1 is 1.35 bits per heavy atom. The van der Waals surface area contributed by atoms with Gasteiger partial charge in [0.1, 0.15) is 0 Å². The number of halogens is 3. The summed E-state index contributed by atoms with van der Waals surface area (Å²) in [5.41, 5.74) is -0.468. The molecule has 0 aliphatic carbocycles. The molecular formula is C14H16F3NO2. The maximum atomic E-state index is 12.5. The Morgan fingerprint density at radius 2 is 2.00 bits per heavy atom. The van der Waals surface area contributed by atoms with E-state index in [1.54, 1.807) is 12.0 Å². The van der Waals surface area contributed by atoms with Gasteiger partial charge in [0, 0.05) is 19.2 Å². The van der Waals surface area contributed by atoms with Gasteiger partial charge in [-0.05, 0) is 37.1 Å². The zero-order valence-corrected chi connectivity index (χ0v) is 11.1. The number of ether oxygens (including phenoxy) is 1. The molecule has 0 aromatic heterocycles. The number of methoxy groups -OCH3 is 1. The highest BCUT2D eigenvalue weighted by Gasteiger charge is 2.32. The Kier molecular flexibility index (Phi) is 4.32. The van der Waals surface area contributed by atoms with Gasteiger partial charge in [0.05, 0.1) is 18.2 Å². The fourth-order valence-electron chi connectivity index (χ4n) is 2.44. The average Bonchev–Trinajstić information content (AvgIpc) is 2.86. The van der Waals surface area contributed by atoms with Crippen molar-refractivity contribution in [3.05, 3.63) is 35.4 Å². The van der Waals surface area contributed by atoms with E-state index >= 15 is 0 Å². The monoisotopic (exact) mass is 287 g/mol. The third-order valence-corrected chi connectivity index (χ3v) is 3.46. The van der Waals surface area contributed by atoms with E-state index in [1.165, 1.54) is 12.1 Å². The maximum Gasteiger partial charge on any atom is 0.416 e. The number of hydrogen-bond acceptors (Lipinski definition) is 2. The highest BCUT2D eigenvalue weighted by atomic mass is 19.4. The Hall–Kier alpha value is -1.56.